The number of benzene rings is 2. The molecule has 6 nitrogen and oxygen atoms in total. The molecule has 1 aliphatic heterocycles. The van der Waals surface area contributed by atoms with Gasteiger partial charge in [0.05, 0.1) is 18.2 Å². The smallest absolute Gasteiger partial charge is 0.224 e. The van der Waals surface area contributed by atoms with E-state index in [9.17, 15) is 13.2 Å². The molecule has 32 heavy (non-hydrogen) atoms. The maximum absolute atomic E-state index is 13.0. The van der Waals surface area contributed by atoms with E-state index in [0.717, 1.165) is 16.9 Å². The molecule has 3 rings (SSSR count). The second-order valence-electron chi connectivity index (χ2n) is 8.06. The van der Waals surface area contributed by atoms with Crippen LogP contribution in [0.3, 0.4) is 0 Å². The van der Waals surface area contributed by atoms with Crippen molar-refractivity contribution >= 4 is 39.1 Å². The van der Waals surface area contributed by atoms with Crippen LogP contribution in [0.25, 0.3) is 0 Å². The highest BCUT2D eigenvalue weighted by molar-refractivity contribution is 7.88. The zero-order valence-corrected chi connectivity index (χ0v) is 20.6. The summed E-state index contributed by atoms with van der Waals surface area (Å²) in [4.78, 5) is 12.6. The van der Waals surface area contributed by atoms with Gasteiger partial charge in [0, 0.05) is 28.7 Å². The Morgan fingerprint density at radius 2 is 1.91 bits per heavy atom. The number of halogens is 2. The number of ether oxygens (including phenoxy) is 1. The van der Waals surface area contributed by atoms with Crippen LogP contribution in [-0.4, -0.2) is 44.9 Å². The Balaban J connectivity index is 1.53. The standard InChI is InChI=1S/C23H28Cl2N2O4S/c1-16-8-9-17(2)22(13-16)31-12-10-26-23(28)18-5-4-11-27(14-18)32(29,30)15-19-20(24)6-3-7-21(19)25/h3,6-9,13,18H,4-5,10-12,14-15H2,1-2H3,(H,26,28)/t18-/m0/s1. The Morgan fingerprint density at radius 1 is 1.19 bits per heavy atom. The van der Waals surface area contributed by atoms with Crippen molar-refractivity contribution in [2.75, 3.05) is 26.2 Å². The molecule has 1 atom stereocenters. The van der Waals surface area contributed by atoms with E-state index in [-0.39, 0.29) is 18.2 Å². The Hall–Kier alpha value is -1.80. The molecule has 0 aliphatic carbocycles. The highest BCUT2D eigenvalue weighted by Crippen LogP contribution is 2.29. The molecule has 1 heterocycles. The lowest BCUT2D eigenvalue weighted by atomic mass is 9.99. The molecule has 0 saturated carbocycles. The maximum Gasteiger partial charge on any atom is 0.224 e. The van der Waals surface area contributed by atoms with Crippen LogP contribution in [-0.2, 0) is 20.6 Å². The first-order valence-corrected chi connectivity index (χ1v) is 12.9. The number of sulfonamides is 1. The van der Waals surface area contributed by atoms with Crippen molar-refractivity contribution in [1.82, 2.24) is 9.62 Å². The summed E-state index contributed by atoms with van der Waals surface area (Å²) in [6.07, 6.45) is 1.26. The van der Waals surface area contributed by atoms with E-state index >= 15 is 0 Å². The summed E-state index contributed by atoms with van der Waals surface area (Å²) < 4.78 is 33.1. The summed E-state index contributed by atoms with van der Waals surface area (Å²) in [5, 5.41) is 3.50. The lowest BCUT2D eigenvalue weighted by Gasteiger charge is -2.31. The maximum atomic E-state index is 13.0. The number of hydrogen-bond donors (Lipinski definition) is 1. The zero-order chi connectivity index (χ0) is 23.3. The summed E-state index contributed by atoms with van der Waals surface area (Å²) in [6.45, 7) is 5.19. The predicted octanol–water partition coefficient (Wildman–Crippen LogP) is 4.35. The third-order valence-electron chi connectivity index (χ3n) is 5.54. The van der Waals surface area contributed by atoms with Gasteiger partial charge in [-0.15, -0.1) is 0 Å². The lowest BCUT2D eigenvalue weighted by Crippen LogP contribution is -2.46. The Kier molecular flexibility index (Phi) is 8.44. The molecule has 9 heteroatoms. The van der Waals surface area contributed by atoms with E-state index in [1.54, 1.807) is 18.2 Å². The Labute approximate surface area is 199 Å². The predicted molar refractivity (Wildman–Crippen MR) is 128 cm³/mol. The van der Waals surface area contributed by atoms with Crippen molar-refractivity contribution in [3.8, 4) is 5.75 Å². The minimum absolute atomic E-state index is 0.147. The molecule has 1 N–H and O–H groups in total. The van der Waals surface area contributed by atoms with Crippen LogP contribution in [0.15, 0.2) is 36.4 Å². The molecule has 0 bridgehead atoms. The minimum Gasteiger partial charge on any atom is -0.491 e. The number of carbonyl (C=O) groups excluding carboxylic acids is 1. The van der Waals surface area contributed by atoms with E-state index in [0.29, 0.717) is 48.1 Å². The van der Waals surface area contributed by atoms with Crippen molar-refractivity contribution in [1.29, 1.82) is 0 Å². The van der Waals surface area contributed by atoms with Crippen molar-refractivity contribution in [3.05, 3.63) is 63.1 Å². The number of amides is 1. The van der Waals surface area contributed by atoms with E-state index in [1.807, 2.05) is 32.0 Å². The third kappa shape index (κ3) is 6.38. The molecular formula is C23H28Cl2N2O4S. The van der Waals surface area contributed by atoms with E-state index in [1.165, 1.54) is 4.31 Å². The molecular weight excluding hydrogens is 471 g/mol. The van der Waals surface area contributed by atoms with Crippen LogP contribution in [0, 0.1) is 19.8 Å². The van der Waals surface area contributed by atoms with Gasteiger partial charge >= 0.3 is 0 Å². The van der Waals surface area contributed by atoms with E-state index < -0.39 is 15.9 Å². The topological polar surface area (TPSA) is 75.7 Å². The number of hydrogen-bond acceptors (Lipinski definition) is 4. The average molecular weight is 499 g/mol. The Bertz CT molecular complexity index is 1060. The number of aryl methyl sites for hydroxylation is 2. The fraction of sp³-hybridized carbons (Fsp3) is 0.435. The van der Waals surface area contributed by atoms with Gasteiger partial charge < -0.3 is 10.1 Å². The highest BCUT2D eigenvalue weighted by atomic mass is 35.5. The number of piperidine rings is 1. The number of nitrogens with zero attached hydrogens (tertiary/aromatic N) is 1. The molecule has 1 amide bonds. The van der Waals surface area contributed by atoms with Crippen molar-refractivity contribution in [2.24, 2.45) is 5.92 Å². The third-order valence-corrected chi connectivity index (χ3v) is 8.02. The van der Waals surface area contributed by atoms with Gasteiger partial charge in [-0.3, -0.25) is 4.79 Å². The van der Waals surface area contributed by atoms with Gasteiger partial charge in [-0.05, 0) is 56.0 Å². The van der Waals surface area contributed by atoms with Crippen LogP contribution in [0.1, 0.15) is 29.5 Å². The number of rotatable bonds is 8. The van der Waals surface area contributed by atoms with Gasteiger partial charge in [-0.1, -0.05) is 41.4 Å². The van der Waals surface area contributed by atoms with Crippen LogP contribution in [0.2, 0.25) is 10.0 Å². The molecule has 174 valence electrons. The van der Waals surface area contributed by atoms with Crippen LogP contribution in [0.4, 0.5) is 0 Å². The van der Waals surface area contributed by atoms with Gasteiger partial charge in [0.1, 0.15) is 12.4 Å². The lowest BCUT2D eigenvalue weighted by molar-refractivity contribution is -0.126. The van der Waals surface area contributed by atoms with E-state index in [4.69, 9.17) is 27.9 Å². The van der Waals surface area contributed by atoms with Crippen LogP contribution < -0.4 is 10.1 Å². The van der Waals surface area contributed by atoms with Gasteiger partial charge in [0.25, 0.3) is 0 Å². The summed E-state index contributed by atoms with van der Waals surface area (Å²) in [5.41, 5.74) is 2.52. The first-order chi connectivity index (χ1) is 15.2. The summed E-state index contributed by atoms with van der Waals surface area (Å²) in [5.74, 6) is -0.0533. The van der Waals surface area contributed by atoms with Gasteiger partial charge in [0.2, 0.25) is 15.9 Å². The molecule has 1 saturated heterocycles. The second kappa shape index (κ2) is 10.9. The first kappa shape index (κ1) is 24.8. The van der Waals surface area contributed by atoms with Crippen LogP contribution >= 0.6 is 23.2 Å². The van der Waals surface area contributed by atoms with Crippen molar-refractivity contribution < 1.29 is 17.9 Å². The zero-order valence-electron chi connectivity index (χ0n) is 18.2. The van der Waals surface area contributed by atoms with Crippen LogP contribution in [0.5, 0.6) is 5.75 Å². The summed E-state index contributed by atoms with van der Waals surface area (Å²) in [6, 6.07) is 10.9. The number of carbonyl (C=O) groups is 1. The molecule has 0 radical (unpaired) electrons. The molecule has 0 spiro atoms. The molecule has 2 aromatic carbocycles. The normalized spacial score (nSPS) is 17.2. The molecule has 1 fully saturated rings. The van der Waals surface area contributed by atoms with Crippen molar-refractivity contribution in [2.45, 2.75) is 32.4 Å². The highest BCUT2D eigenvalue weighted by Gasteiger charge is 2.33. The molecule has 0 unspecified atom stereocenters. The number of nitrogens with one attached hydrogen (secondary N) is 1. The first-order valence-electron chi connectivity index (χ1n) is 10.6. The molecule has 2 aromatic rings. The summed E-state index contributed by atoms with van der Waals surface area (Å²) >= 11 is 12.3. The minimum atomic E-state index is -3.66. The fourth-order valence-corrected chi connectivity index (χ4v) is 6.06. The second-order valence-corrected chi connectivity index (χ2v) is 10.8. The molecule has 0 aromatic heterocycles. The average Bonchev–Trinajstić information content (AvgIpc) is 2.76. The SMILES string of the molecule is Cc1ccc(C)c(OCCNC(=O)[C@H]2CCCN(S(=O)(=O)Cc3c(Cl)cccc3Cl)C2)c1. The Morgan fingerprint density at radius 3 is 2.62 bits per heavy atom. The van der Waals surface area contributed by atoms with Crippen molar-refractivity contribution in [3.63, 3.8) is 0 Å². The molecule has 1 aliphatic rings. The fourth-order valence-electron chi connectivity index (χ4n) is 3.70. The quantitative estimate of drug-likeness (QED) is 0.549. The largest absolute Gasteiger partial charge is 0.491 e. The monoisotopic (exact) mass is 498 g/mol. The van der Waals surface area contributed by atoms with Gasteiger partial charge in [0.15, 0.2) is 0 Å². The van der Waals surface area contributed by atoms with Gasteiger partial charge in [-0.2, -0.15) is 0 Å². The van der Waals surface area contributed by atoms with E-state index in [2.05, 4.69) is 5.32 Å². The summed E-state index contributed by atoms with van der Waals surface area (Å²) in [7, 11) is -3.66. The van der Waals surface area contributed by atoms with Gasteiger partial charge in [-0.25, -0.2) is 12.7 Å².